The largest absolute Gasteiger partial charge is 0.504 e. The van der Waals surface area contributed by atoms with Crippen molar-refractivity contribution in [1.29, 1.82) is 0 Å². The Hall–Kier alpha value is -1.22. The van der Waals surface area contributed by atoms with E-state index in [1.165, 1.54) is 37.8 Å². The molecule has 1 aliphatic rings. The Labute approximate surface area is 116 Å². The van der Waals surface area contributed by atoms with Crippen molar-refractivity contribution in [2.45, 2.75) is 51.6 Å². The van der Waals surface area contributed by atoms with Gasteiger partial charge in [-0.15, -0.1) is 0 Å². The maximum atomic E-state index is 9.69. The molecule has 19 heavy (non-hydrogen) atoms. The van der Waals surface area contributed by atoms with Crippen molar-refractivity contribution in [3.05, 3.63) is 23.8 Å². The molecule has 1 N–H and O–H groups in total. The van der Waals surface area contributed by atoms with Gasteiger partial charge in [0.05, 0.1) is 7.11 Å². The third-order valence-electron chi connectivity index (χ3n) is 4.33. The number of ether oxygens (including phenoxy) is 1. The summed E-state index contributed by atoms with van der Waals surface area (Å²) < 4.78 is 5.21. The first-order chi connectivity index (χ1) is 9.17. The Morgan fingerprint density at radius 1 is 1.42 bits per heavy atom. The predicted molar refractivity (Wildman–Crippen MR) is 77.7 cm³/mol. The monoisotopic (exact) mass is 263 g/mol. The van der Waals surface area contributed by atoms with Crippen LogP contribution >= 0.6 is 0 Å². The lowest BCUT2D eigenvalue weighted by Gasteiger charge is -2.39. The van der Waals surface area contributed by atoms with Crippen LogP contribution in [0.3, 0.4) is 0 Å². The normalized spacial score (nSPS) is 22.2. The number of phenolic OH excluding ortho intramolecular Hbond substituents is 1. The number of phenols is 1. The van der Waals surface area contributed by atoms with Crippen molar-refractivity contribution in [3.8, 4) is 11.5 Å². The van der Waals surface area contributed by atoms with Gasteiger partial charge in [0.15, 0.2) is 11.5 Å². The van der Waals surface area contributed by atoms with Gasteiger partial charge in [-0.2, -0.15) is 0 Å². The van der Waals surface area contributed by atoms with E-state index in [0.717, 1.165) is 0 Å². The van der Waals surface area contributed by atoms with Crippen molar-refractivity contribution in [2.24, 2.45) is 0 Å². The number of hydrogen-bond acceptors (Lipinski definition) is 3. The third kappa shape index (κ3) is 3.03. The Bertz CT molecular complexity index is 419. The van der Waals surface area contributed by atoms with E-state index in [1.54, 1.807) is 13.2 Å². The lowest BCUT2D eigenvalue weighted by atomic mass is 9.95. The summed E-state index contributed by atoms with van der Waals surface area (Å²) in [5.74, 6) is 0.776. The fraction of sp³-hybridized carbons (Fsp3) is 0.625. The van der Waals surface area contributed by atoms with E-state index in [0.29, 0.717) is 17.8 Å². The number of benzene rings is 1. The highest BCUT2D eigenvalue weighted by Gasteiger charge is 2.26. The summed E-state index contributed by atoms with van der Waals surface area (Å²) in [5.41, 5.74) is 1.22. The molecule has 1 fully saturated rings. The quantitative estimate of drug-likeness (QED) is 0.898. The summed E-state index contributed by atoms with van der Waals surface area (Å²) in [6, 6.07) is 6.75. The predicted octanol–water partition coefficient (Wildman–Crippen LogP) is 3.73. The first-order valence-electron chi connectivity index (χ1n) is 7.30. The molecule has 1 heterocycles. The zero-order chi connectivity index (χ0) is 13.8. The van der Waals surface area contributed by atoms with Crippen LogP contribution in [0.25, 0.3) is 0 Å². The van der Waals surface area contributed by atoms with Crippen molar-refractivity contribution in [3.63, 3.8) is 0 Å². The van der Waals surface area contributed by atoms with Gasteiger partial charge in [0, 0.05) is 12.1 Å². The molecule has 106 valence electrons. The van der Waals surface area contributed by atoms with E-state index in [4.69, 9.17) is 4.74 Å². The van der Waals surface area contributed by atoms with Crippen LogP contribution in [-0.2, 0) is 0 Å². The van der Waals surface area contributed by atoms with Gasteiger partial charge in [-0.25, -0.2) is 0 Å². The molecule has 2 atom stereocenters. The van der Waals surface area contributed by atoms with E-state index < -0.39 is 0 Å². The standard InChI is InChI=1S/C16H25NO2/c1-4-14-7-5-6-10-17(14)12(2)13-8-9-15(18)16(11-13)19-3/h8-9,11-12,14,18H,4-7,10H2,1-3H3. The van der Waals surface area contributed by atoms with Gasteiger partial charge in [0.1, 0.15) is 0 Å². The molecule has 0 spiro atoms. The summed E-state index contributed by atoms with van der Waals surface area (Å²) in [5, 5.41) is 9.69. The maximum Gasteiger partial charge on any atom is 0.160 e. The van der Waals surface area contributed by atoms with Crippen molar-refractivity contribution < 1.29 is 9.84 Å². The average molecular weight is 263 g/mol. The van der Waals surface area contributed by atoms with Gasteiger partial charge in [-0.1, -0.05) is 19.4 Å². The highest BCUT2D eigenvalue weighted by molar-refractivity contribution is 5.42. The zero-order valence-electron chi connectivity index (χ0n) is 12.2. The topological polar surface area (TPSA) is 32.7 Å². The molecule has 2 rings (SSSR count). The Morgan fingerprint density at radius 3 is 2.89 bits per heavy atom. The minimum Gasteiger partial charge on any atom is -0.504 e. The van der Waals surface area contributed by atoms with Gasteiger partial charge in [0.2, 0.25) is 0 Å². The zero-order valence-corrected chi connectivity index (χ0v) is 12.2. The third-order valence-corrected chi connectivity index (χ3v) is 4.33. The molecule has 2 unspecified atom stereocenters. The number of methoxy groups -OCH3 is 1. The lowest BCUT2D eigenvalue weighted by Crippen LogP contribution is -2.40. The number of rotatable bonds is 4. The second-order valence-electron chi connectivity index (χ2n) is 5.40. The van der Waals surface area contributed by atoms with E-state index in [2.05, 4.69) is 18.7 Å². The van der Waals surface area contributed by atoms with Crippen LogP contribution in [0.2, 0.25) is 0 Å². The number of piperidine rings is 1. The SMILES string of the molecule is CCC1CCCCN1C(C)c1ccc(O)c(OC)c1. The highest BCUT2D eigenvalue weighted by Crippen LogP contribution is 2.34. The molecule has 1 aliphatic heterocycles. The van der Waals surface area contributed by atoms with Crippen molar-refractivity contribution in [1.82, 2.24) is 4.90 Å². The van der Waals surface area contributed by atoms with Crippen molar-refractivity contribution >= 4 is 0 Å². The molecule has 0 amide bonds. The molecule has 1 aromatic carbocycles. The summed E-state index contributed by atoms with van der Waals surface area (Å²) >= 11 is 0. The van der Waals surface area contributed by atoms with E-state index in [9.17, 15) is 5.11 Å². The summed E-state index contributed by atoms with van der Waals surface area (Å²) in [6.07, 6.45) is 5.15. The van der Waals surface area contributed by atoms with Gasteiger partial charge >= 0.3 is 0 Å². The molecule has 0 aliphatic carbocycles. The van der Waals surface area contributed by atoms with E-state index in [1.807, 2.05) is 12.1 Å². The van der Waals surface area contributed by atoms with Crippen LogP contribution in [-0.4, -0.2) is 29.7 Å². The first kappa shape index (κ1) is 14.2. The van der Waals surface area contributed by atoms with Crippen LogP contribution in [0.5, 0.6) is 11.5 Å². The number of likely N-dealkylation sites (tertiary alicyclic amines) is 1. The first-order valence-corrected chi connectivity index (χ1v) is 7.30. The molecule has 0 radical (unpaired) electrons. The highest BCUT2D eigenvalue weighted by atomic mass is 16.5. The Kier molecular flexibility index (Phi) is 4.70. The van der Waals surface area contributed by atoms with Gasteiger partial charge in [-0.05, 0) is 50.4 Å². The van der Waals surface area contributed by atoms with Crippen LogP contribution < -0.4 is 4.74 Å². The summed E-state index contributed by atoms with van der Waals surface area (Å²) in [7, 11) is 1.60. The van der Waals surface area contributed by atoms with E-state index in [-0.39, 0.29) is 5.75 Å². The smallest absolute Gasteiger partial charge is 0.160 e. The molecule has 0 aromatic heterocycles. The molecule has 3 nitrogen and oxygen atoms in total. The average Bonchev–Trinajstić information content (AvgIpc) is 2.47. The van der Waals surface area contributed by atoms with E-state index >= 15 is 0 Å². The second kappa shape index (κ2) is 6.29. The van der Waals surface area contributed by atoms with Crippen LogP contribution in [0.4, 0.5) is 0 Å². The fourth-order valence-corrected chi connectivity index (χ4v) is 3.12. The Balaban J connectivity index is 2.20. The van der Waals surface area contributed by atoms with Crippen LogP contribution in [0.15, 0.2) is 18.2 Å². The molecular formula is C16H25NO2. The molecule has 3 heteroatoms. The van der Waals surface area contributed by atoms with Crippen LogP contribution in [0.1, 0.15) is 51.1 Å². The minimum atomic E-state index is 0.212. The van der Waals surface area contributed by atoms with Gasteiger partial charge in [0.25, 0.3) is 0 Å². The minimum absolute atomic E-state index is 0.212. The Morgan fingerprint density at radius 2 is 2.21 bits per heavy atom. The molecule has 0 saturated carbocycles. The van der Waals surface area contributed by atoms with Gasteiger partial charge in [-0.3, -0.25) is 4.90 Å². The number of nitrogens with zero attached hydrogens (tertiary/aromatic N) is 1. The maximum absolute atomic E-state index is 9.69. The van der Waals surface area contributed by atoms with Crippen molar-refractivity contribution in [2.75, 3.05) is 13.7 Å². The molecular weight excluding hydrogens is 238 g/mol. The lowest BCUT2D eigenvalue weighted by molar-refractivity contribution is 0.0999. The van der Waals surface area contributed by atoms with Gasteiger partial charge < -0.3 is 9.84 Å². The summed E-state index contributed by atoms with van der Waals surface area (Å²) in [6.45, 7) is 5.69. The fourth-order valence-electron chi connectivity index (χ4n) is 3.12. The van der Waals surface area contributed by atoms with Crippen LogP contribution in [0, 0.1) is 0 Å². The molecule has 0 bridgehead atoms. The molecule has 1 aromatic rings. The number of hydrogen-bond donors (Lipinski definition) is 1. The molecule has 1 saturated heterocycles. The summed E-state index contributed by atoms with van der Waals surface area (Å²) in [4.78, 5) is 2.59. The second-order valence-corrected chi connectivity index (χ2v) is 5.40. The number of aromatic hydroxyl groups is 1.